The van der Waals surface area contributed by atoms with Gasteiger partial charge in [-0.2, -0.15) is 0 Å². The van der Waals surface area contributed by atoms with Gasteiger partial charge >= 0.3 is 0 Å². The Morgan fingerprint density at radius 1 is 1.44 bits per heavy atom. The van der Waals surface area contributed by atoms with Crippen molar-refractivity contribution in [3.8, 4) is 0 Å². The minimum absolute atomic E-state index is 0.283. The molecular formula is C12H20FN3. The molecule has 16 heavy (non-hydrogen) atoms. The van der Waals surface area contributed by atoms with Gasteiger partial charge in [-0.05, 0) is 17.5 Å². The van der Waals surface area contributed by atoms with Gasteiger partial charge in [0.1, 0.15) is 5.82 Å². The van der Waals surface area contributed by atoms with Crippen LogP contribution in [0.5, 0.6) is 0 Å². The molecule has 1 rings (SSSR count). The maximum atomic E-state index is 13.0. The van der Waals surface area contributed by atoms with Crippen molar-refractivity contribution in [1.82, 2.24) is 9.88 Å². The van der Waals surface area contributed by atoms with Gasteiger partial charge in [0.25, 0.3) is 0 Å². The standard InChI is InChI=1S/C12H20FN3/c1-10(2)8-16(4-3-14)9-11-5-12(13)7-15-6-11/h5-7,10H,3-4,8-9,14H2,1-2H3. The second-order valence-corrected chi connectivity index (χ2v) is 4.43. The first-order valence-corrected chi connectivity index (χ1v) is 5.63. The molecule has 1 aromatic heterocycles. The first-order valence-electron chi connectivity index (χ1n) is 5.63. The van der Waals surface area contributed by atoms with Crippen LogP contribution in [0.3, 0.4) is 0 Å². The topological polar surface area (TPSA) is 42.1 Å². The third kappa shape index (κ3) is 4.68. The molecule has 2 N–H and O–H groups in total. The van der Waals surface area contributed by atoms with Crippen molar-refractivity contribution < 1.29 is 4.39 Å². The first-order chi connectivity index (χ1) is 7.61. The van der Waals surface area contributed by atoms with E-state index in [1.165, 1.54) is 12.3 Å². The molecule has 0 saturated carbocycles. The molecule has 4 heteroatoms. The summed E-state index contributed by atoms with van der Waals surface area (Å²) in [5.41, 5.74) is 6.45. The number of halogens is 1. The van der Waals surface area contributed by atoms with E-state index in [9.17, 15) is 4.39 Å². The van der Waals surface area contributed by atoms with E-state index in [0.29, 0.717) is 19.0 Å². The summed E-state index contributed by atoms with van der Waals surface area (Å²) in [5.74, 6) is 0.294. The van der Waals surface area contributed by atoms with Crippen LogP contribution in [0.25, 0.3) is 0 Å². The molecule has 0 aromatic carbocycles. The Balaban J connectivity index is 2.60. The second kappa shape index (κ2) is 6.55. The smallest absolute Gasteiger partial charge is 0.141 e. The monoisotopic (exact) mass is 225 g/mol. The fourth-order valence-electron chi connectivity index (χ4n) is 1.73. The van der Waals surface area contributed by atoms with Crippen molar-refractivity contribution in [1.29, 1.82) is 0 Å². The summed E-state index contributed by atoms with van der Waals surface area (Å²) in [7, 11) is 0. The molecule has 0 aliphatic rings. The quantitative estimate of drug-likeness (QED) is 0.800. The van der Waals surface area contributed by atoms with Gasteiger partial charge in [0.05, 0.1) is 6.20 Å². The lowest BCUT2D eigenvalue weighted by molar-refractivity contribution is 0.242. The summed E-state index contributed by atoms with van der Waals surface area (Å²) < 4.78 is 13.0. The Hall–Kier alpha value is -1.00. The van der Waals surface area contributed by atoms with Crippen LogP contribution in [0.4, 0.5) is 4.39 Å². The predicted octanol–water partition coefficient (Wildman–Crippen LogP) is 1.64. The molecule has 1 heterocycles. The zero-order chi connectivity index (χ0) is 12.0. The lowest BCUT2D eigenvalue weighted by atomic mass is 10.2. The van der Waals surface area contributed by atoms with Crippen LogP contribution in [0.2, 0.25) is 0 Å². The highest BCUT2D eigenvalue weighted by Gasteiger charge is 2.08. The van der Waals surface area contributed by atoms with Crippen LogP contribution < -0.4 is 5.73 Å². The number of aromatic nitrogens is 1. The number of pyridine rings is 1. The van der Waals surface area contributed by atoms with Gasteiger partial charge in [0, 0.05) is 32.4 Å². The van der Waals surface area contributed by atoms with Crippen molar-refractivity contribution in [2.24, 2.45) is 11.7 Å². The van der Waals surface area contributed by atoms with Gasteiger partial charge in [0.2, 0.25) is 0 Å². The number of nitrogens with two attached hydrogens (primary N) is 1. The third-order valence-electron chi connectivity index (χ3n) is 2.24. The Morgan fingerprint density at radius 2 is 2.19 bits per heavy atom. The molecule has 90 valence electrons. The molecule has 0 saturated heterocycles. The molecule has 0 amide bonds. The summed E-state index contributed by atoms with van der Waals surface area (Å²) in [4.78, 5) is 6.07. The molecule has 3 nitrogen and oxygen atoms in total. The van der Waals surface area contributed by atoms with E-state index in [1.807, 2.05) is 0 Å². The van der Waals surface area contributed by atoms with E-state index in [4.69, 9.17) is 5.73 Å². The van der Waals surface area contributed by atoms with Crippen molar-refractivity contribution >= 4 is 0 Å². The number of rotatable bonds is 6. The molecule has 0 fully saturated rings. The Bertz CT molecular complexity index is 315. The van der Waals surface area contributed by atoms with Crippen molar-refractivity contribution in [2.75, 3.05) is 19.6 Å². The molecule has 0 spiro atoms. The molecule has 1 aromatic rings. The molecule has 0 radical (unpaired) electrons. The lowest BCUT2D eigenvalue weighted by Gasteiger charge is -2.23. The molecule has 0 aliphatic carbocycles. The Kier molecular flexibility index (Phi) is 5.35. The minimum atomic E-state index is -0.283. The van der Waals surface area contributed by atoms with Crippen LogP contribution in [0.1, 0.15) is 19.4 Å². The summed E-state index contributed by atoms with van der Waals surface area (Å²) in [5, 5.41) is 0. The molecule has 0 atom stereocenters. The minimum Gasteiger partial charge on any atom is -0.329 e. The van der Waals surface area contributed by atoms with Crippen LogP contribution in [0.15, 0.2) is 18.5 Å². The average molecular weight is 225 g/mol. The highest BCUT2D eigenvalue weighted by molar-refractivity contribution is 5.09. The van der Waals surface area contributed by atoms with E-state index in [-0.39, 0.29) is 5.82 Å². The van der Waals surface area contributed by atoms with Crippen molar-refractivity contribution in [2.45, 2.75) is 20.4 Å². The van der Waals surface area contributed by atoms with Gasteiger partial charge < -0.3 is 5.73 Å². The van der Waals surface area contributed by atoms with E-state index < -0.39 is 0 Å². The predicted molar refractivity (Wildman–Crippen MR) is 63.4 cm³/mol. The van der Waals surface area contributed by atoms with Crippen LogP contribution in [-0.2, 0) is 6.54 Å². The average Bonchev–Trinajstić information content (AvgIpc) is 2.16. The van der Waals surface area contributed by atoms with E-state index in [2.05, 4.69) is 23.7 Å². The van der Waals surface area contributed by atoms with Crippen LogP contribution in [-0.4, -0.2) is 29.5 Å². The van der Waals surface area contributed by atoms with Crippen molar-refractivity contribution in [3.05, 3.63) is 29.8 Å². The first kappa shape index (κ1) is 13.1. The Labute approximate surface area is 96.5 Å². The van der Waals surface area contributed by atoms with E-state index in [1.54, 1.807) is 6.20 Å². The van der Waals surface area contributed by atoms with Crippen LogP contribution >= 0.6 is 0 Å². The summed E-state index contributed by atoms with van der Waals surface area (Å²) in [6.45, 7) is 7.44. The summed E-state index contributed by atoms with van der Waals surface area (Å²) >= 11 is 0. The third-order valence-corrected chi connectivity index (χ3v) is 2.24. The van der Waals surface area contributed by atoms with Gasteiger partial charge in [-0.3, -0.25) is 9.88 Å². The van der Waals surface area contributed by atoms with Crippen LogP contribution in [0, 0.1) is 11.7 Å². The van der Waals surface area contributed by atoms with Gasteiger partial charge in [-0.1, -0.05) is 13.8 Å². The van der Waals surface area contributed by atoms with Gasteiger partial charge in [0.15, 0.2) is 0 Å². The molecule has 0 aliphatic heterocycles. The fraction of sp³-hybridized carbons (Fsp3) is 0.583. The maximum Gasteiger partial charge on any atom is 0.141 e. The van der Waals surface area contributed by atoms with Gasteiger partial charge in [-0.25, -0.2) is 4.39 Å². The second-order valence-electron chi connectivity index (χ2n) is 4.43. The Morgan fingerprint density at radius 3 is 2.75 bits per heavy atom. The molecule has 0 unspecified atom stereocenters. The molecular weight excluding hydrogens is 205 g/mol. The number of hydrogen-bond donors (Lipinski definition) is 1. The number of hydrogen-bond acceptors (Lipinski definition) is 3. The maximum absolute atomic E-state index is 13.0. The largest absolute Gasteiger partial charge is 0.329 e. The lowest BCUT2D eigenvalue weighted by Crippen LogP contribution is -2.32. The normalized spacial score (nSPS) is 11.4. The zero-order valence-corrected chi connectivity index (χ0v) is 9.99. The van der Waals surface area contributed by atoms with Gasteiger partial charge in [-0.15, -0.1) is 0 Å². The molecule has 0 bridgehead atoms. The van der Waals surface area contributed by atoms with E-state index in [0.717, 1.165) is 18.7 Å². The summed E-state index contributed by atoms with van der Waals surface area (Å²) in [6, 6.07) is 1.52. The van der Waals surface area contributed by atoms with Crippen molar-refractivity contribution in [3.63, 3.8) is 0 Å². The SMILES string of the molecule is CC(C)CN(CCN)Cc1cncc(F)c1. The van der Waals surface area contributed by atoms with E-state index >= 15 is 0 Å². The number of nitrogens with zero attached hydrogens (tertiary/aromatic N) is 2. The zero-order valence-electron chi connectivity index (χ0n) is 9.99. The summed E-state index contributed by atoms with van der Waals surface area (Å²) in [6.07, 6.45) is 2.92. The fourth-order valence-corrected chi connectivity index (χ4v) is 1.73. The highest BCUT2D eigenvalue weighted by atomic mass is 19.1. The highest BCUT2D eigenvalue weighted by Crippen LogP contribution is 2.07.